The van der Waals surface area contributed by atoms with Crippen molar-refractivity contribution in [2.24, 2.45) is 5.92 Å². The van der Waals surface area contributed by atoms with E-state index in [-0.39, 0.29) is 18.4 Å². The standard InChI is InChI=1S/C16H27N5O3/c1-11(2)8-12(19-15(23)24-16(3,4)5)9-14(22)21-20-13-10-17-6-7-18-13/h6-7,10-12H,8-9H2,1-5H3,(H,18,20)(H,19,23)(H,21,22)/t12-/m0/s1. The second-order valence-electron chi connectivity index (χ2n) is 6.94. The van der Waals surface area contributed by atoms with Gasteiger partial charge in [-0.25, -0.2) is 9.78 Å². The van der Waals surface area contributed by atoms with E-state index in [1.807, 2.05) is 13.8 Å². The van der Waals surface area contributed by atoms with E-state index in [9.17, 15) is 9.59 Å². The maximum atomic E-state index is 12.1. The maximum Gasteiger partial charge on any atom is 0.407 e. The van der Waals surface area contributed by atoms with Crippen molar-refractivity contribution < 1.29 is 14.3 Å². The Bertz CT molecular complexity index is 528. The molecule has 0 aliphatic carbocycles. The minimum atomic E-state index is -0.581. The molecule has 1 aromatic rings. The molecule has 1 rings (SSSR count). The summed E-state index contributed by atoms with van der Waals surface area (Å²) in [6.45, 7) is 9.43. The number of amides is 2. The largest absolute Gasteiger partial charge is 0.444 e. The van der Waals surface area contributed by atoms with Gasteiger partial charge in [0.1, 0.15) is 5.60 Å². The van der Waals surface area contributed by atoms with Crippen LogP contribution in [-0.4, -0.2) is 33.6 Å². The summed E-state index contributed by atoms with van der Waals surface area (Å²) in [7, 11) is 0. The predicted molar refractivity (Wildman–Crippen MR) is 91.0 cm³/mol. The molecule has 8 nitrogen and oxygen atoms in total. The lowest BCUT2D eigenvalue weighted by Crippen LogP contribution is -2.43. The first-order valence-electron chi connectivity index (χ1n) is 7.96. The summed E-state index contributed by atoms with van der Waals surface area (Å²) in [5.41, 5.74) is 4.64. The molecule has 3 N–H and O–H groups in total. The van der Waals surface area contributed by atoms with E-state index >= 15 is 0 Å². The molecule has 1 heterocycles. The van der Waals surface area contributed by atoms with Crippen LogP contribution in [0, 0.1) is 5.92 Å². The van der Waals surface area contributed by atoms with Crippen LogP contribution in [0.3, 0.4) is 0 Å². The lowest BCUT2D eigenvalue weighted by Gasteiger charge is -2.24. The van der Waals surface area contributed by atoms with Crippen LogP contribution in [0.2, 0.25) is 0 Å². The highest BCUT2D eigenvalue weighted by Crippen LogP contribution is 2.11. The number of nitrogens with zero attached hydrogens (tertiary/aromatic N) is 2. The summed E-state index contributed by atoms with van der Waals surface area (Å²) >= 11 is 0. The van der Waals surface area contributed by atoms with Gasteiger partial charge in [0.2, 0.25) is 5.91 Å². The van der Waals surface area contributed by atoms with Gasteiger partial charge in [0, 0.05) is 24.9 Å². The average molecular weight is 337 g/mol. The van der Waals surface area contributed by atoms with Crippen LogP contribution >= 0.6 is 0 Å². The van der Waals surface area contributed by atoms with E-state index in [0.717, 1.165) is 0 Å². The van der Waals surface area contributed by atoms with Crippen LogP contribution in [0.4, 0.5) is 10.6 Å². The van der Waals surface area contributed by atoms with Gasteiger partial charge in [0.05, 0.1) is 6.20 Å². The number of hydrazine groups is 1. The van der Waals surface area contributed by atoms with Gasteiger partial charge in [-0.3, -0.25) is 20.6 Å². The summed E-state index contributed by atoms with van der Waals surface area (Å²) in [6, 6.07) is -0.316. The van der Waals surface area contributed by atoms with Crippen molar-refractivity contribution in [3.05, 3.63) is 18.6 Å². The molecule has 0 fully saturated rings. The van der Waals surface area contributed by atoms with Crippen LogP contribution in [0.1, 0.15) is 47.5 Å². The first-order valence-corrected chi connectivity index (χ1v) is 7.96. The van der Waals surface area contributed by atoms with Crippen molar-refractivity contribution in [1.82, 2.24) is 20.7 Å². The van der Waals surface area contributed by atoms with E-state index in [2.05, 4.69) is 26.1 Å². The van der Waals surface area contributed by atoms with E-state index < -0.39 is 11.7 Å². The van der Waals surface area contributed by atoms with Crippen molar-refractivity contribution in [2.75, 3.05) is 5.43 Å². The normalized spacial score (nSPS) is 12.4. The predicted octanol–water partition coefficient (Wildman–Crippen LogP) is 2.25. The fourth-order valence-electron chi connectivity index (χ4n) is 2.01. The van der Waals surface area contributed by atoms with E-state index in [1.54, 1.807) is 20.8 Å². The number of hydrogen-bond acceptors (Lipinski definition) is 6. The highest BCUT2D eigenvalue weighted by molar-refractivity contribution is 5.78. The molecule has 134 valence electrons. The van der Waals surface area contributed by atoms with Gasteiger partial charge in [0.25, 0.3) is 0 Å². The second kappa shape index (κ2) is 9.05. The molecule has 0 bridgehead atoms. The highest BCUT2D eigenvalue weighted by Gasteiger charge is 2.22. The number of rotatable bonds is 7. The minimum Gasteiger partial charge on any atom is -0.444 e. The Morgan fingerprint density at radius 1 is 1.25 bits per heavy atom. The lowest BCUT2D eigenvalue weighted by atomic mass is 10.0. The summed E-state index contributed by atoms with van der Waals surface area (Å²) in [5, 5.41) is 2.76. The van der Waals surface area contributed by atoms with Crippen LogP contribution in [0.15, 0.2) is 18.6 Å². The Kier molecular flexibility index (Phi) is 7.41. The number of nitrogens with one attached hydrogen (secondary N) is 3. The Morgan fingerprint density at radius 2 is 1.96 bits per heavy atom. The Hall–Kier alpha value is -2.38. The van der Waals surface area contributed by atoms with Gasteiger partial charge < -0.3 is 10.1 Å². The minimum absolute atomic E-state index is 0.130. The summed E-state index contributed by atoms with van der Waals surface area (Å²) in [6.07, 6.45) is 4.81. The number of aromatic nitrogens is 2. The Labute approximate surface area is 142 Å². The fraction of sp³-hybridized carbons (Fsp3) is 0.625. The molecule has 24 heavy (non-hydrogen) atoms. The molecule has 0 saturated heterocycles. The lowest BCUT2D eigenvalue weighted by molar-refractivity contribution is -0.121. The molecule has 0 unspecified atom stereocenters. The smallest absolute Gasteiger partial charge is 0.407 e. The number of ether oxygens (including phenoxy) is 1. The van der Waals surface area contributed by atoms with Gasteiger partial charge in [-0.05, 0) is 33.1 Å². The SMILES string of the molecule is CC(C)C[C@@H](CC(=O)NNc1cnccn1)NC(=O)OC(C)(C)C. The maximum absolute atomic E-state index is 12.1. The zero-order valence-corrected chi connectivity index (χ0v) is 14.9. The molecule has 2 amide bonds. The van der Waals surface area contributed by atoms with Gasteiger partial charge in [0.15, 0.2) is 5.82 Å². The monoisotopic (exact) mass is 337 g/mol. The quantitative estimate of drug-likeness (QED) is 0.659. The molecule has 0 saturated carbocycles. The van der Waals surface area contributed by atoms with E-state index in [4.69, 9.17) is 4.74 Å². The topological polar surface area (TPSA) is 105 Å². The highest BCUT2D eigenvalue weighted by atomic mass is 16.6. The van der Waals surface area contributed by atoms with Crippen LogP contribution in [0.5, 0.6) is 0 Å². The molecule has 0 radical (unpaired) electrons. The van der Waals surface area contributed by atoms with Gasteiger partial charge in [-0.2, -0.15) is 0 Å². The molecule has 0 aromatic carbocycles. The van der Waals surface area contributed by atoms with Crippen molar-refractivity contribution in [3.63, 3.8) is 0 Å². The van der Waals surface area contributed by atoms with Crippen molar-refractivity contribution in [3.8, 4) is 0 Å². The number of hydrogen-bond donors (Lipinski definition) is 3. The van der Waals surface area contributed by atoms with Crippen molar-refractivity contribution in [1.29, 1.82) is 0 Å². The summed E-state index contributed by atoms with van der Waals surface area (Å²) < 4.78 is 5.24. The number of alkyl carbamates (subject to hydrolysis) is 1. The van der Waals surface area contributed by atoms with Gasteiger partial charge in [-0.1, -0.05) is 13.8 Å². The molecule has 1 aromatic heterocycles. The molecular formula is C16H27N5O3. The molecular weight excluding hydrogens is 310 g/mol. The first kappa shape index (κ1) is 19.7. The third-order valence-electron chi connectivity index (χ3n) is 2.80. The third-order valence-corrected chi connectivity index (χ3v) is 2.80. The zero-order valence-electron chi connectivity index (χ0n) is 14.9. The van der Waals surface area contributed by atoms with E-state index in [0.29, 0.717) is 18.2 Å². The van der Waals surface area contributed by atoms with Gasteiger partial charge in [-0.15, -0.1) is 0 Å². The number of carbonyl (C=O) groups excluding carboxylic acids is 2. The summed E-state index contributed by atoms with van der Waals surface area (Å²) in [5.74, 6) is 0.499. The molecule has 0 aliphatic rings. The molecule has 8 heteroatoms. The molecule has 1 atom stereocenters. The van der Waals surface area contributed by atoms with Crippen LogP contribution in [-0.2, 0) is 9.53 Å². The Balaban J connectivity index is 2.52. The third kappa shape index (κ3) is 8.92. The fourth-order valence-corrected chi connectivity index (χ4v) is 2.01. The van der Waals surface area contributed by atoms with Crippen molar-refractivity contribution in [2.45, 2.75) is 59.1 Å². The Morgan fingerprint density at radius 3 is 2.50 bits per heavy atom. The number of carbonyl (C=O) groups is 2. The molecule has 0 aliphatic heterocycles. The van der Waals surface area contributed by atoms with Crippen LogP contribution < -0.4 is 16.2 Å². The van der Waals surface area contributed by atoms with Crippen molar-refractivity contribution >= 4 is 17.8 Å². The summed E-state index contributed by atoms with van der Waals surface area (Å²) in [4.78, 5) is 31.8. The first-order chi connectivity index (χ1) is 11.2. The number of anilines is 1. The van der Waals surface area contributed by atoms with Gasteiger partial charge >= 0.3 is 6.09 Å². The molecule has 0 spiro atoms. The second-order valence-corrected chi connectivity index (χ2v) is 6.94. The average Bonchev–Trinajstić information content (AvgIpc) is 2.43. The van der Waals surface area contributed by atoms with Crippen LogP contribution in [0.25, 0.3) is 0 Å². The van der Waals surface area contributed by atoms with E-state index in [1.165, 1.54) is 18.6 Å². The zero-order chi connectivity index (χ0) is 18.2.